The minimum Gasteiger partial charge on any atom is -0.462 e. The number of amides is 1. The number of primary sulfonamides is 1. The number of aromatic nitrogens is 4. The molecule has 210 valence electrons. The number of sulfonamides is 1. The number of carbonyl (C=O) groups excluding carboxylic acids is 2. The van der Waals surface area contributed by atoms with Gasteiger partial charge < -0.3 is 15.0 Å². The molecule has 1 aliphatic carbocycles. The molecule has 0 saturated heterocycles. The highest BCUT2D eigenvalue weighted by molar-refractivity contribution is 7.99. The summed E-state index contributed by atoms with van der Waals surface area (Å²) in [6, 6.07) is 5.66. The minimum absolute atomic E-state index is 0.0611. The first kappa shape index (κ1) is 28.0. The summed E-state index contributed by atoms with van der Waals surface area (Å²) in [7, 11) is -3.86. The van der Waals surface area contributed by atoms with Gasteiger partial charge in [-0.3, -0.25) is 9.59 Å². The van der Waals surface area contributed by atoms with E-state index in [1.54, 1.807) is 6.92 Å². The predicted molar refractivity (Wildman–Crippen MR) is 152 cm³/mol. The molecule has 0 saturated carbocycles. The third-order valence-electron chi connectivity index (χ3n) is 6.32. The van der Waals surface area contributed by atoms with Crippen molar-refractivity contribution < 1.29 is 22.7 Å². The SMILES string of the molecule is CCOC(=O)c1c(NC(=O)CSc2nc3c(cnn3-c3ccc(S(N)(=O)=O)cc3)c(=O)[nH]2)sc2c1CCCCC2. The molecular weight excluding hydrogens is 577 g/mol. The summed E-state index contributed by atoms with van der Waals surface area (Å²) in [6.45, 7) is 1.98. The van der Waals surface area contributed by atoms with Crippen LogP contribution in [0.15, 0.2) is 45.3 Å². The number of anilines is 1. The number of carbonyl (C=O) groups is 2. The zero-order chi connectivity index (χ0) is 28.4. The third-order valence-corrected chi connectivity index (χ3v) is 9.33. The average molecular weight is 603 g/mol. The van der Waals surface area contributed by atoms with Crippen molar-refractivity contribution in [3.05, 3.63) is 56.8 Å². The fraction of sp³-hybridized carbons (Fsp3) is 0.320. The molecule has 0 atom stereocenters. The molecule has 1 amide bonds. The summed E-state index contributed by atoms with van der Waals surface area (Å²) < 4.78 is 29.8. The van der Waals surface area contributed by atoms with Crippen LogP contribution in [-0.2, 0) is 32.4 Å². The number of thioether (sulfide) groups is 1. The van der Waals surface area contributed by atoms with Crippen LogP contribution >= 0.6 is 23.1 Å². The number of nitrogens with one attached hydrogen (secondary N) is 2. The standard InChI is InChI=1S/C25H26N6O6S3/c1-2-37-24(34)20-16-6-4-3-5-7-18(16)39-23(20)28-19(32)13-38-25-29-21-17(22(33)30-25)12-27-31(21)14-8-10-15(11-9-14)40(26,35)36/h8-12H,2-7,13H2,1H3,(H,28,32)(H2,26,35,36)(H,29,30,33). The molecule has 0 spiro atoms. The summed E-state index contributed by atoms with van der Waals surface area (Å²) in [4.78, 5) is 46.5. The highest BCUT2D eigenvalue weighted by atomic mass is 32.2. The fourth-order valence-corrected chi connectivity index (χ4v) is 6.94. The molecule has 0 unspecified atom stereocenters. The van der Waals surface area contributed by atoms with Gasteiger partial charge in [-0.15, -0.1) is 11.3 Å². The van der Waals surface area contributed by atoms with Gasteiger partial charge in [0, 0.05) is 4.88 Å². The molecule has 1 aromatic carbocycles. The van der Waals surface area contributed by atoms with Gasteiger partial charge in [-0.25, -0.2) is 28.0 Å². The van der Waals surface area contributed by atoms with Gasteiger partial charge in [0.15, 0.2) is 10.8 Å². The smallest absolute Gasteiger partial charge is 0.341 e. The van der Waals surface area contributed by atoms with Crippen molar-refractivity contribution in [1.29, 1.82) is 0 Å². The number of rotatable bonds is 8. The van der Waals surface area contributed by atoms with Crippen LogP contribution in [0.3, 0.4) is 0 Å². The third kappa shape index (κ3) is 5.82. The topological polar surface area (TPSA) is 179 Å². The molecule has 12 nitrogen and oxygen atoms in total. The van der Waals surface area contributed by atoms with E-state index < -0.39 is 21.6 Å². The second-order valence-corrected chi connectivity index (χ2v) is 12.7. The lowest BCUT2D eigenvalue weighted by Gasteiger charge is -2.08. The number of hydrogen-bond acceptors (Lipinski definition) is 10. The van der Waals surface area contributed by atoms with Crippen molar-refractivity contribution in [1.82, 2.24) is 19.7 Å². The summed E-state index contributed by atoms with van der Waals surface area (Å²) in [5.41, 5.74) is 1.67. The maximum Gasteiger partial charge on any atom is 0.341 e. The van der Waals surface area contributed by atoms with Crippen molar-refractivity contribution in [2.45, 2.75) is 49.1 Å². The number of nitrogens with zero attached hydrogens (tertiary/aromatic N) is 3. The zero-order valence-corrected chi connectivity index (χ0v) is 23.9. The highest BCUT2D eigenvalue weighted by Crippen LogP contribution is 2.38. The summed E-state index contributed by atoms with van der Waals surface area (Å²) in [5, 5.41) is 13.1. The van der Waals surface area contributed by atoms with Gasteiger partial charge in [-0.05, 0) is 62.4 Å². The molecule has 0 bridgehead atoms. The molecule has 0 fully saturated rings. The first-order valence-electron chi connectivity index (χ1n) is 12.5. The van der Waals surface area contributed by atoms with Crippen molar-refractivity contribution in [2.75, 3.05) is 17.7 Å². The number of fused-ring (bicyclic) bond motifs is 2. The Balaban J connectivity index is 1.35. The Morgan fingerprint density at radius 2 is 1.95 bits per heavy atom. The number of ether oxygens (including phenoxy) is 1. The minimum atomic E-state index is -3.86. The van der Waals surface area contributed by atoms with Gasteiger partial charge in [0.05, 0.1) is 34.7 Å². The number of H-pyrrole nitrogens is 1. The van der Waals surface area contributed by atoms with Crippen molar-refractivity contribution in [3.63, 3.8) is 0 Å². The van der Waals surface area contributed by atoms with E-state index in [1.165, 1.54) is 46.5 Å². The van der Waals surface area contributed by atoms with E-state index in [1.807, 2.05) is 0 Å². The zero-order valence-electron chi connectivity index (χ0n) is 21.4. The first-order valence-corrected chi connectivity index (χ1v) is 15.9. The van der Waals surface area contributed by atoms with Crippen molar-refractivity contribution in [2.24, 2.45) is 5.14 Å². The Labute approximate surface area is 237 Å². The molecule has 3 aromatic heterocycles. The van der Waals surface area contributed by atoms with E-state index in [4.69, 9.17) is 9.88 Å². The first-order chi connectivity index (χ1) is 19.2. The molecule has 5 rings (SSSR count). The lowest BCUT2D eigenvalue weighted by molar-refractivity contribution is -0.113. The van der Waals surface area contributed by atoms with Gasteiger partial charge >= 0.3 is 5.97 Å². The Hall–Kier alpha value is -3.53. The van der Waals surface area contributed by atoms with Gasteiger partial charge in [0.2, 0.25) is 15.9 Å². The number of benzene rings is 1. The molecule has 15 heteroatoms. The Morgan fingerprint density at radius 1 is 1.20 bits per heavy atom. The number of hydrogen-bond donors (Lipinski definition) is 3. The molecule has 3 heterocycles. The van der Waals surface area contributed by atoms with Gasteiger partial charge in [-0.2, -0.15) is 5.10 Å². The van der Waals surface area contributed by atoms with E-state index in [2.05, 4.69) is 20.4 Å². The van der Waals surface area contributed by atoms with Gasteiger partial charge in [0.25, 0.3) is 5.56 Å². The van der Waals surface area contributed by atoms with Crippen LogP contribution in [0.25, 0.3) is 16.7 Å². The molecule has 0 aliphatic heterocycles. The van der Waals surface area contributed by atoms with E-state index in [-0.39, 0.29) is 39.4 Å². The summed E-state index contributed by atoms with van der Waals surface area (Å²) in [5.74, 6) is -0.871. The average Bonchev–Trinajstić information content (AvgIpc) is 3.41. The van der Waals surface area contributed by atoms with Gasteiger partial charge in [0.1, 0.15) is 10.4 Å². The Morgan fingerprint density at radius 3 is 2.67 bits per heavy atom. The lowest BCUT2D eigenvalue weighted by atomic mass is 10.1. The van der Waals surface area contributed by atoms with E-state index in [9.17, 15) is 22.8 Å². The predicted octanol–water partition coefficient (Wildman–Crippen LogP) is 2.99. The number of esters is 1. The summed E-state index contributed by atoms with van der Waals surface area (Å²) in [6.07, 6.45) is 6.10. The monoisotopic (exact) mass is 602 g/mol. The van der Waals surface area contributed by atoms with Crippen LogP contribution < -0.4 is 16.0 Å². The Bertz CT molecular complexity index is 1760. The van der Waals surface area contributed by atoms with Crippen molar-refractivity contribution >= 4 is 61.0 Å². The molecule has 4 aromatic rings. The van der Waals surface area contributed by atoms with Crippen LogP contribution in [0, 0.1) is 0 Å². The van der Waals surface area contributed by atoms with Gasteiger partial charge in [-0.1, -0.05) is 18.2 Å². The molecule has 4 N–H and O–H groups in total. The van der Waals surface area contributed by atoms with Crippen LogP contribution in [0.4, 0.5) is 5.00 Å². The molecule has 0 radical (unpaired) electrons. The molecule has 1 aliphatic rings. The van der Waals surface area contributed by atoms with Crippen LogP contribution in [0.5, 0.6) is 0 Å². The normalized spacial score (nSPS) is 13.6. The maximum atomic E-state index is 12.9. The van der Waals surface area contributed by atoms with Crippen LogP contribution in [0.1, 0.15) is 47.0 Å². The molecular formula is C25H26N6O6S3. The molecule has 40 heavy (non-hydrogen) atoms. The maximum absolute atomic E-state index is 12.9. The van der Waals surface area contributed by atoms with Crippen LogP contribution in [-0.4, -0.2) is 52.4 Å². The quantitative estimate of drug-likeness (QED) is 0.118. The number of thiophene rings is 1. The largest absolute Gasteiger partial charge is 0.462 e. The van der Waals surface area contributed by atoms with Crippen molar-refractivity contribution in [3.8, 4) is 5.69 Å². The van der Waals surface area contributed by atoms with E-state index in [0.717, 1.165) is 54.3 Å². The Kier molecular flexibility index (Phi) is 8.07. The van der Waals surface area contributed by atoms with Crippen LogP contribution in [0.2, 0.25) is 0 Å². The number of nitrogens with two attached hydrogens (primary N) is 1. The fourth-order valence-electron chi connectivity index (χ4n) is 4.48. The number of aryl methyl sites for hydroxylation is 1. The summed E-state index contributed by atoms with van der Waals surface area (Å²) >= 11 is 2.44. The van der Waals surface area contributed by atoms with E-state index in [0.29, 0.717) is 16.3 Å². The highest BCUT2D eigenvalue weighted by Gasteiger charge is 2.26. The second-order valence-electron chi connectivity index (χ2n) is 9.03. The lowest BCUT2D eigenvalue weighted by Crippen LogP contribution is -2.17. The second kappa shape index (κ2) is 11.5. The number of aromatic amines is 1. The van der Waals surface area contributed by atoms with E-state index >= 15 is 0 Å².